The summed E-state index contributed by atoms with van der Waals surface area (Å²) in [5, 5.41) is 12.0. The lowest BCUT2D eigenvalue weighted by molar-refractivity contribution is 0.455. The maximum absolute atomic E-state index is 8.85. The van der Waals surface area contributed by atoms with Crippen molar-refractivity contribution < 1.29 is 4.74 Å². The molecule has 0 bridgehead atoms. The topological polar surface area (TPSA) is 70.8 Å². The van der Waals surface area contributed by atoms with Crippen LogP contribution in [-0.2, 0) is 0 Å². The van der Waals surface area contributed by atoms with Crippen molar-refractivity contribution in [2.24, 2.45) is 0 Å². The summed E-state index contributed by atoms with van der Waals surface area (Å²) in [7, 11) is 0. The molecule has 0 amide bonds. The third-order valence-corrected chi connectivity index (χ3v) is 3.71. The van der Waals surface area contributed by atoms with Crippen LogP contribution in [0, 0.1) is 32.1 Å². The van der Waals surface area contributed by atoms with Crippen molar-refractivity contribution in [3.8, 4) is 17.7 Å². The average molecular weight is 360 g/mol. The van der Waals surface area contributed by atoms with E-state index in [0.717, 1.165) is 22.6 Å². The molecule has 0 fully saturated rings. The zero-order chi connectivity index (χ0) is 19.8. The van der Waals surface area contributed by atoms with Crippen LogP contribution in [0.5, 0.6) is 11.6 Å². The predicted molar refractivity (Wildman–Crippen MR) is 109 cm³/mol. The smallest absolute Gasteiger partial charge is 0.230 e. The van der Waals surface area contributed by atoms with E-state index in [0.29, 0.717) is 17.4 Å². The summed E-state index contributed by atoms with van der Waals surface area (Å²) in [6.45, 7) is 10.1. The molecule has 5 heteroatoms. The molecule has 5 nitrogen and oxygen atoms in total. The van der Waals surface area contributed by atoms with Crippen LogP contribution >= 0.6 is 0 Å². The van der Waals surface area contributed by atoms with Crippen molar-refractivity contribution >= 4 is 11.6 Å². The number of rotatable bonds is 4. The fraction of sp³-hybridized carbons (Fsp3) is 0.227. The number of nitriles is 1. The molecule has 1 N–H and O–H groups in total. The van der Waals surface area contributed by atoms with Gasteiger partial charge in [0.25, 0.3) is 0 Å². The van der Waals surface area contributed by atoms with Crippen LogP contribution in [0.2, 0.25) is 0 Å². The summed E-state index contributed by atoms with van der Waals surface area (Å²) in [5.41, 5.74) is 4.75. The molecule has 1 aromatic heterocycles. The van der Waals surface area contributed by atoms with Crippen LogP contribution in [0.3, 0.4) is 0 Å². The molecule has 3 aromatic rings. The Labute approximate surface area is 160 Å². The second-order valence-electron chi connectivity index (χ2n) is 5.86. The van der Waals surface area contributed by atoms with Gasteiger partial charge in [0.2, 0.25) is 11.8 Å². The Morgan fingerprint density at radius 2 is 1.59 bits per heavy atom. The van der Waals surface area contributed by atoms with E-state index in [1.165, 1.54) is 5.56 Å². The lowest BCUT2D eigenvalue weighted by Crippen LogP contribution is -1.99. The zero-order valence-corrected chi connectivity index (χ0v) is 16.4. The van der Waals surface area contributed by atoms with E-state index in [4.69, 9.17) is 10.00 Å². The van der Waals surface area contributed by atoms with E-state index in [-0.39, 0.29) is 0 Å². The lowest BCUT2D eigenvalue weighted by atomic mass is 10.1. The van der Waals surface area contributed by atoms with Gasteiger partial charge in [-0.1, -0.05) is 31.5 Å². The van der Waals surface area contributed by atoms with Gasteiger partial charge in [-0.05, 0) is 56.2 Å². The average Bonchev–Trinajstić information content (AvgIpc) is 2.67. The first-order valence-electron chi connectivity index (χ1n) is 8.91. The van der Waals surface area contributed by atoms with E-state index in [2.05, 4.69) is 40.4 Å². The summed E-state index contributed by atoms with van der Waals surface area (Å²) < 4.78 is 5.98. The van der Waals surface area contributed by atoms with Crippen LogP contribution in [0.25, 0.3) is 0 Å². The maximum Gasteiger partial charge on any atom is 0.230 e. The molecule has 0 spiro atoms. The molecule has 1 heterocycles. The first kappa shape index (κ1) is 19.9. The molecule has 0 aliphatic carbocycles. The summed E-state index contributed by atoms with van der Waals surface area (Å²) >= 11 is 0. The quantitative estimate of drug-likeness (QED) is 0.633. The molecule has 0 aliphatic heterocycles. The van der Waals surface area contributed by atoms with Crippen molar-refractivity contribution in [3.63, 3.8) is 0 Å². The van der Waals surface area contributed by atoms with E-state index in [9.17, 15) is 0 Å². The second kappa shape index (κ2) is 9.35. The van der Waals surface area contributed by atoms with Gasteiger partial charge in [-0.25, -0.2) is 4.98 Å². The number of anilines is 2. The fourth-order valence-corrected chi connectivity index (χ4v) is 2.65. The maximum atomic E-state index is 8.85. The van der Waals surface area contributed by atoms with Crippen molar-refractivity contribution in [3.05, 3.63) is 70.9 Å². The molecule has 0 aliphatic rings. The third-order valence-electron chi connectivity index (χ3n) is 3.71. The molecule has 0 saturated carbocycles. The molecule has 0 radical (unpaired) electrons. The Hall–Kier alpha value is -3.39. The molecule has 27 heavy (non-hydrogen) atoms. The Kier molecular flexibility index (Phi) is 6.90. The Balaban J connectivity index is 0.00000126. The Bertz CT molecular complexity index is 920. The van der Waals surface area contributed by atoms with Gasteiger partial charge in [0.15, 0.2) is 0 Å². The first-order chi connectivity index (χ1) is 13.0. The van der Waals surface area contributed by atoms with Gasteiger partial charge in [0.1, 0.15) is 5.75 Å². The molecule has 0 atom stereocenters. The lowest BCUT2D eigenvalue weighted by Gasteiger charge is -2.12. The van der Waals surface area contributed by atoms with Crippen molar-refractivity contribution in [1.82, 2.24) is 9.97 Å². The van der Waals surface area contributed by atoms with Gasteiger partial charge in [0.05, 0.1) is 11.6 Å². The van der Waals surface area contributed by atoms with Crippen molar-refractivity contribution in [1.29, 1.82) is 5.26 Å². The third kappa shape index (κ3) is 5.29. The number of nitrogens with zero attached hydrogens (tertiary/aromatic N) is 3. The van der Waals surface area contributed by atoms with E-state index < -0.39 is 0 Å². The number of aromatic nitrogens is 2. The summed E-state index contributed by atoms with van der Waals surface area (Å²) in [4.78, 5) is 8.61. The molecular weight excluding hydrogens is 336 g/mol. The van der Waals surface area contributed by atoms with Crippen LogP contribution in [0.15, 0.2) is 48.7 Å². The first-order valence-corrected chi connectivity index (χ1v) is 8.91. The predicted octanol–water partition coefficient (Wildman–Crippen LogP) is 5.84. The standard InChI is InChI=1S/C20H18N4O.C2H6/c1-13-10-14(2)19(15(3)11-13)25-18-8-9-22-20(24-18)23-17-6-4-16(12-21)5-7-17;1-2/h4-11H,1-3H3,(H,22,23,24);1-2H3. The minimum Gasteiger partial charge on any atom is -0.438 e. The molecule has 0 unspecified atom stereocenters. The van der Waals surface area contributed by atoms with Crippen LogP contribution in [0.1, 0.15) is 36.1 Å². The Morgan fingerprint density at radius 1 is 0.963 bits per heavy atom. The number of nitrogens with one attached hydrogen (secondary N) is 1. The normalized spacial score (nSPS) is 9.63. The fourth-order valence-electron chi connectivity index (χ4n) is 2.65. The molecule has 138 valence electrons. The SMILES string of the molecule is CC.Cc1cc(C)c(Oc2ccnc(Nc3ccc(C#N)cc3)n2)c(C)c1. The van der Waals surface area contributed by atoms with Gasteiger partial charge in [0, 0.05) is 18.0 Å². The highest BCUT2D eigenvalue weighted by molar-refractivity contribution is 5.55. The molecule has 0 saturated heterocycles. The Morgan fingerprint density at radius 3 is 2.19 bits per heavy atom. The summed E-state index contributed by atoms with van der Waals surface area (Å²) in [6.07, 6.45) is 1.65. The van der Waals surface area contributed by atoms with E-state index in [1.54, 1.807) is 24.4 Å². The molecule has 2 aromatic carbocycles. The van der Waals surface area contributed by atoms with Gasteiger partial charge in [-0.3, -0.25) is 0 Å². The van der Waals surface area contributed by atoms with Gasteiger partial charge in [-0.2, -0.15) is 10.2 Å². The largest absolute Gasteiger partial charge is 0.438 e. The number of aryl methyl sites for hydroxylation is 3. The highest BCUT2D eigenvalue weighted by atomic mass is 16.5. The van der Waals surface area contributed by atoms with Gasteiger partial charge >= 0.3 is 0 Å². The minimum atomic E-state index is 0.435. The summed E-state index contributed by atoms with van der Waals surface area (Å²) in [5.74, 6) is 1.72. The van der Waals surface area contributed by atoms with Gasteiger partial charge < -0.3 is 10.1 Å². The highest BCUT2D eigenvalue weighted by Gasteiger charge is 2.08. The van der Waals surface area contributed by atoms with Crippen LogP contribution in [0.4, 0.5) is 11.6 Å². The highest BCUT2D eigenvalue weighted by Crippen LogP contribution is 2.29. The van der Waals surface area contributed by atoms with E-state index >= 15 is 0 Å². The second-order valence-corrected chi connectivity index (χ2v) is 5.86. The van der Waals surface area contributed by atoms with Gasteiger partial charge in [-0.15, -0.1) is 0 Å². The summed E-state index contributed by atoms with van der Waals surface area (Å²) in [6, 6.07) is 15.1. The van der Waals surface area contributed by atoms with Crippen molar-refractivity contribution in [2.75, 3.05) is 5.32 Å². The number of hydrogen-bond donors (Lipinski definition) is 1. The van der Waals surface area contributed by atoms with Crippen LogP contribution in [-0.4, -0.2) is 9.97 Å². The number of hydrogen-bond acceptors (Lipinski definition) is 5. The minimum absolute atomic E-state index is 0.435. The molecule has 3 rings (SSSR count). The monoisotopic (exact) mass is 360 g/mol. The number of benzene rings is 2. The number of ether oxygens (including phenoxy) is 1. The molecular formula is C22H24N4O. The van der Waals surface area contributed by atoms with Crippen molar-refractivity contribution in [2.45, 2.75) is 34.6 Å². The van der Waals surface area contributed by atoms with E-state index in [1.807, 2.05) is 39.8 Å². The van der Waals surface area contributed by atoms with Crippen LogP contribution < -0.4 is 10.1 Å². The zero-order valence-electron chi connectivity index (χ0n) is 16.4.